The van der Waals surface area contributed by atoms with Gasteiger partial charge in [-0.1, -0.05) is 12.1 Å². The largest absolute Gasteiger partial charge is 0.497 e. The van der Waals surface area contributed by atoms with Crippen LogP contribution in [0, 0.1) is 20.2 Å². The number of non-ortho nitro benzene ring substituents is 2. The third-order valence-corrected chi connectivity index (χ3v) is 5.71. The summed E-state index contributed by atoms with van der Waals surface area (Å²) < 4.78 is 33.3. The summed E-state index contributed by atoms with van der Waals surface area (Å²) in [5.74, 6) is 0.520. The highest BCUT2D eigenvalue weighted by Crippen LogP contribution is 2.29. The first-order valence-electron chi connectivity index (χ1n) is 9.18. The van der Waals surface area contributed by atoms with Crippen LogP contribution in [0.4, 0.5) is 22.7 Å². The van der Waals surface area contributed by atoms with Crippen molar-refractivity contribution in [3.05, 3.63) is 92.5 Å². The average molecular weight is 471 g/mol. The molecule has 0 bridgehead atoms. The van der Waals surface area contributed by atoms with Crippen molar-refractivity contribution in [2.75, 3.05) is 17.3 Å². The van der Waals surface area contributed by atoms with E-state index in [-0.39, 0.29) is 17.1 Å². The van der Waals surface area contributed by atoms with Gasteiger partial charge in [-0.2, -0.15) is 5.10 Å². The molecule has 0 aliphatic rings. The molecule has 0 atom stereocenters. The van der Waals surface area contributed by atoms with Crippen LogP contribution in [0.25, 0.3) is 0 Å². The van der Waals surface area contributed by atoms with Crippen LogP contribution >= 0.6 is 0 Å². The Morgan fingerprint density at radius 3 is 2.24 bits per heavy atom. The minimum atomic E-state index is -4.25. The summed E-state index contributed by atoms with van der Waals surface area (Å²) in [7, 11) is -2.79. The normalized spacial score (nSPS) is 11.2. The molecule has 0 aliphatic heterocycles. The fourth-order valence-corrected chi connectivity index (χ4v) is 3.94. The highest BCUT2D eigenvalue weighted by molar-refractivity contribution is 7.92. The van der Waals surface area contributed by atoms with Crippen molar-refractivity contribution in [3.63, 3.8) is 0 Å². The average Bonchev–Trinajstić information content (AvgIpc) is 2.79. The molecule has 0 radical (unpaired) electrons. The number of hydrazone groups is 1. The highest BCUT2D eigenvalue weighted by atomic mass is 32.2. The lowest BCUT2D eigenvalue weighted by Crippen LogP contribution is -2.15. The molecule has 13 heteroatoms. The molecule has 0 fully saturated rings. The second-order valence-corrected chi connectivity index (χ2v) is 8.14. The Morgan fingerprint density at radius 2 is 1.61 bits per heavy atom. The Morgan fingerprint density at radius 1 is 0.939 bits per heavy atom. The van der Waals surface area contributed by atoms with Crippen molar-refractivity contribution >= 4 is 39.0 Å². The maximum absolute atomic E-state index is 13.0. The number of ether oxygens (including phenoxy) is 1. The van der Waals surface area contributed by atoms with E-state index in [9.17, 15) is 28.6 Å². The molecule has 3 rings (SSSR count). The van der Waals surface area contributed by atoms with Gasteiger partial charge in [-0.25, -0.2) is 8.42 Å². The van der Waals surface area contributed by atoms with Crippen LogP contribution in [0.2, 0.25) is 0 Å². The molecule has 0 amide bonds. The Hall–Kier alpha value is -4.52. The van der Waals surface area contributed by atoms with Crippen molar-refractivity contribution in [2.45, 2.75) is 4.90 Å². The zero-order chi connectivity index (χ0) is 24.0. The fraction of sp³-hybridized carbons (Fsp3) is 0.0500. The molecule has 2 N–H and O–H groups in total. The summed E-state index contributed by atoms with van der Waals surface area (Å²) >= 11 is 0. The van der Waals surface area contributed by atoms with Gasteiger partial charge in [0.1, 0.15) is 10.6 Å². The molecule has 170 valence electrons. The summed E-state index contributed by atoms with van der Waals surface area (Å²) in [6.07, 6.45) is 1.25. The van der Waals surface area contributed by atoms with Gasteiger partial charge in [0.2, 0.25) is 0 Å². The maximum Gasteiger partial charge on any atom is 0.270 e. The molecule has 0 aromatic heterocycles. The molecule has 0 spiro atoms. The summed E-state index contributed by atoms with van der Waals surface area (Å²) in [5.41, 5.74) is 2.52. The van der Waals surface area contributed by atoms with Gasteiger partial charge in [-0.3, -0.25) is 30.4 Å². The standard InChI is InChI=1S/C20H17N5O7S/c1-32-18-8-5-15(6-9-18)23-33(30,31)20-12-17(25(28)29)7-10-19(20)22-21-13-14-3-2-4-16(11-14)24(26)27/h2-13,22-23H,1H3/b21-13+. The van der Waals surface area contributed by atoms with Gasteiger partial charge in [0, 0.05) is 35.5 Å². The lowest BCUT2D eigenvalue weighted by molar-refractivity contribution is -0.385. The molecule has 3 aromatic carbocycles. The van der Waals surface area contributed by atoms with Crippen LogP contribution in [-0.2, 0) is 10.0 Å². The predicted molar refractivity (Wildman–Crippen MR) is 121 cm³/mol. The molecule has 0 saturated heterocycles. The molecular weight excluding hydrogens is 454 g/mol. The zero-order valence-corrected chi connectivity index (χ0v) is 17.9. The van der Waals surface area contributed by atoms with E-state index < -0.39 is 30.5 Å². The SMILES string of the molecule is COc1ccc(NS(=O)(=O)c2cc([N+](=O)[O-])ccc2N/N=C/c2cccc([N+](=O)[O-])c2)cc1. The number of nitro benzene ring substituents is 2. The summed E-state index contributed by atoms with van der Waals surface area (Å²) in [6.45, 7) is 0. The minimum Gasteiger partial charge on any atom is -0.497 e. The van der Waals surface area contributed by atoms with Gasteiger partial charge in [-0.05, 0) is 30.3 Å². The van der Waals surface area contributed by atoms with Crippen LogP contribution in [0.15, 0.2) is 76.7 Å². The third kappa shape index (κ3) is 5.80. The number of nitro groups is 2. The van der Waals surface area contributed by atoms with Gasteiger partial charge in [-0.15, -0.1) is 0 Å². The van der Waals surface area contributed by atoms with Crippen LogP contribution in [-0.4, -0.2) is 31.6 Å². The van der Waals surface area contributed by atoms with E-state index in [1.807, 2.05) is 0 Å². The van der Waals surface area contributed by atoms with Crippen LogP contribution in [0.1, 0.15) is 5.56 Å². The lowest BCUT2D eigenvalue weighted by atomic mass is 10.2. The second kappa shape index (κ2) is 9.74. The van der Waals surface area contributed by atoms with Crippen LogP contribution < -0.4 is 14.9 Å². The molecule has 0 saturated carbocycles. The first-order valence-corrected chi connectivity index (χ1v) is 10.7. The van der Waals surface area contributed by atoms with E-state index in [0.717, 1.165) is 12.1 Å². The minimum absolute atomic E-state index is 0.0386. The van der Waals surface area contributed by atoms with Gasteiger partial charge >= 0.3 is 0 Å². The van der Waals surface area contributed by atoms with E-state index in [2.05, 4.69) is 15.2 Å². The number of rotatable bonds is 9. The van der Waals surface area contributed by atoms with Crippen molar-refractivity contribution in [3.8, 4) is 5.75 Å². The van der Waals surface area contributed by atoms with Gasteiger partial charge in [0.05, 0.1) is 28.9 Å². The van der Waals surface area contributed by atoms with Crippen molar-refractivity contribution in [1.82, 2.24) is 0 Å². The Kier molecular flexibility index (Phi) is 6.83. The summed E-state index contributed by atoms with van der Waals surface area (Å²) in [6, 6.07) is 14.9. The number of hydrogen-bond donors (Lipinski definition) is 2. The smallest absolute Gasteiger partial charge is 0.270 e. The number of nitrogens with one attached hydrogen (secondary N) is 2. The van der Waals surface area contributed by atoms with E-state index in [1.54, 1.807) is 18.2 Å². The van der Waals surface area contributed by atoms with E-state index in [0.29, 0.717) is 11.3 Å². The van der Waals surface area contributed by atoms with Crippen LogP contribution in [0.5, 0.6) is 5.75 Å². The van der Waals surface area contributed by atoms with Crippen molar-refractivity contribution in [2.24, 2.45) is 5.10 Å². The topological polar surface area (TPSA) is 166 Å². The van der Waals surface area contributed by atoms with Gasteiger partial charge in [0.15, 0.2) is 0 Å². The second-order valence-electron chi connectivity index (χ2n) is 6.49. The highest BCUT2D eigenvalue weighted by Gasteiger charge is 2.22. The molecule has 12 nitrogen and oxygen atoms in total. The maximum atomic E-state index is 13.0. The number of anilines is 2. The molecule has 0 unspecified atom stereocenters. The molecule has 33 heavy (non-hydrogen) atoms. The van der Waals surface area contributed by atoms with E-state index >= 15 is 0 Å². The van der Waals surface area contributed by atoms with Crippen molar-refractivity contribution < 1.29 is 23.0 Å². The Balaban J connectivity index is 1.91. The van der Waals surface area contributed by atoms with Crippen molar-refractivity contribution in [1.29, 1.82) is 0 Å². The number of methoxy groups -OCH3 is 1. The van der Waals surface area contributed by atoms with E-state index in [4.69, 9.17) is 4.74 Å². The molecule has 0 aliphatic carbocycles. The monoisotopic (exact) mass is 471 g/mol. The first-order chi connectivity index (χ1) is 15.7. The predicted octanol–water partition coefficient (Wildman–Crippen LogP) is 3.76. The first kappa shape index (κ1) is 23.1. The molecule has 3 aromatic rings. The molecule has 0 heterocycles. The number of hydrogen-bond acceptors (Lipinski definition) is 9. The lowest BCUT2D eigenvalue weighted by Gasteiger charge is -2.12. The number of benzene rings is 3. The summed E-state index contributed by atoms with van der Waals surface area (Å²) in [5, 5.41) is 26.0. The fourth-order valence-electron chi connectivity index (χ4n) is 2.70. The number of sulfonamides is 1. The van der Waals surface area contributed by atoms with E-state index in [1.165, 1.54) is 49.7 Å². The Labute approximate surface area is 187 Å². The van der Waals surface area contributed by atoms with Gasteiger partial charge < -0.3 is 4.74 Å². The Bertz CT molecular complexity index is 1320. The zero-order valence-electron chi connectivity index (χ0n) is 17.0. The van der Waals surface area contributed by atoms with Gasteiger partial charge in [0.25, 0.3) is 21.4 Å². The number of nitrogens with zero attached hydrogens (tertiary/aromatic N) is 3. The molecular formula is C20H17N5O7S. The third-order valence-electron chi connectivity index (χ3n) is 4.29. The quantitative estimate of drug-likeness (QED) is 0.270. The summed E-state index contributed by atoms with van der Waals surface area (Å²) in [4.78, 5) is 20.4. The van der Waals surface area contributed by atoms with Crippen LogP contribution in [0.3, 0.4) is 0 Å².